The normalized spacial score (nSPS) is 17.0. The molecular formula is C20H23FN2O5. The van der Waals surface area contributed by atoms with Gasteiger partial charge in [-0.1, -0.05) is 17.3 Å². The topological polar surface area (TPSA) is 90.7 Å². The van der Waals surface area contributed by atoms with E-state index in [0.29, 0.717) is 37.5 Å². The Morgan fingerprint density at radius 2 is 1.96 bits per heavy atom. The summed E-state index contributed by atoms with van der Waals surface area (Å²) in [4.78, 5) is 25.0. The van der Waals surface area contributed by atoms with E-state index in [1.165, 1.54) is 12.1 Å². The number of carbonyl (C=O) groups excluding carboxylic acids is 2. The quantitative estimate of drug-likeness (QED) is 0.763. The van der Waals surface area contributed by atoms with Gasteiger partial charge in [0.1, 0.15) is 11.2 Å². The lowest BCUT2D eigenvalue weighted by Crippen LogP contribution is -2.43. The van der Waals surface area contributed by atoms with E-state index in [2.05, 4.69) is 10.5 Å². The second-order valence-corrected chi connectivity index (χ2v) is 6.94. The number of nitrogens with one attached hydrogen (secondary N) is 1. The van der Waals surface area contributed by atoms with E-state index in [-0.39, 0.29) is 11.9 Å². The fourth-order valence-electron chi connectivity index (χ4n) is 3.25. The van der Waals surface area contributed by atoms with Crippen molar-refractivity contribution in [3.63, 3.8) is 0 Å². The standard InChI is InChI=1S/C20H23FN2O5/c1-13-11-17(28-23-13)20(7-9-26-10-8-20)19(25)27-12-18(24)22-14(2)15-3-5-16(21)6-4-15/h3-6,11,14H,7-10,12H2,1-2H3,(H,22,24)/t14-/m1/s1. The summed E-state index contributed by atoms with van der Waals surface area (Å²) >= 11 is 0. The minimum absolute atomic E-state index is 0.347. The molecule has 1 N–H and O–H groups in total. The molecule has 0 bridgehead atoms. The number of hydrogen-bond acceptors (Lipinski definition) is 6. The van der Waals surface area contributed by atoms with Crippen molar-refractivity contribution in [3.05, 3.63) is 53.2 Å². The molecule has 0 radical (unpaired) electrons. The van der Waals surface area contributed by atoms with Crippen LogP contribution in [0.1, 0.15) is 42.8 Å². The Morgan fingerprint density at radius 1 is 1.29 bits per heavy atom. The summed E-state index contributed by atoms with van der Waals surface area (Å²) in [6.07, 6.45) is 0.794. The van der Waals surface area contributed by atoms with Crippen LogP contribution in [0, 0.1) is 12.7 Å². The number of carbonyl (C=O) groups is 2. The monoisotopic (exact) mass is 390 g/mol. The fraction of sp³-hybridized carbons (Fsp3) is 0.450. The van der Waals surface area contributed by atoms with Gasteiger partial charge in [0.05, 0.1) is 11.7 Å². The molecule has 1 atom stereocenters. The second-order valence-electron chi connectivity index (χ2n) is 6.94. The summed E-state index contributed by atoms with van der Waals surface area (Å²) in [6.45, 7) is 3.91. The first kappa shape index (κ1) is 20.0. The molecular weight excluding hydrogens is 367 g/mol. The average Bonchev–Trinajstić information content (AvgIpc) is 3.14. The van der Waals surface area contributed by atoms with Crippen molar-refractivity contribution in [1.82, 2.24) is 10.5 Å². The van der Waals surface area contributed by atoms with Gasteiger partial charge in [-0.2, -0.15) is 0 Å². The SMILES string of the molecule is Cc1cc(C2(C(=O)OCC(=O)N[C@H](C)c3ccc(F)cc3)CCOCC2)on1. The van der Waals surface area contributed by atoms with Gasteiger partial charge in [0, 0.05) is 19.3 Å². The summed E-state index contributed by atoms with van der Waals surface area (Å²) in [5.41, 5.74) is 0.418. The Balaban J connectivity index is 1.61. The van der Waals surface area contributed by atoms with Crippen LogP contribution in [-0.2, 0) is 24.5 Å². The van der Waals surface area contributed by atoms with Crippen LogP contribution < -0.4 is 5.32 Å². The van der Waals surface area contributed by atoms with Gasteiger partial charge in [-0.3, -0.25) is 9.59 Å². The Bertz CT molecular complexity index is 827. The molecule has 150 valence electrons. The highest BCUT2D eigenvalue weighted by atomic mass is 19.1. The molecule has 2 aromatic rings. The van der Waals surface area contributed by atoms with Crippen molar-refractivity contribution in [3.8, 4) is 0 Å². The number of aryl methyl sites for hydroxylation is 1. The summed E-state index contributed by atoms with van der Waals surface area (Å²) in [6, 6.07) is 7.20. The third kappa shape index (κ3) is 4.39. The Morgan fingerprint density at radius 3 is 2.57 bits per heavy atom. The van der Waals surface area contributed by atoms with Crippen LogP contribution in [0.3, 0.4) is 0 Å². The molecule has 0 aliphatic carbocycles. The van der Waals surface area contributed by atoms with Gasteiger partial charge in [-0.25, -0.2) is 4.39 Å². The van der Waals surface area contributed by atoms with Gasteiger partial charge in [0.15, 0.2) is 12.4 Å². The first-order valence-corrected chi connectivity index (χ1v) is 9.14. The molecule has 7 nitrogen and oxygen atoms in total. The maximum atomic E-state index is 13.0. The van der Waals surface area contributed by atoms with E-state index in [0.717, 1.165) is 5.56 Å². The summed E-state index contributed by atoms with van der Waals surface area (Å²) in [5.74, 6) is -0.892. The van der Waals surface area contributed by atoms with Gasteiger partial charge in [0.25, 0.3) is 5.91 Å². The Hall–Kier alpha value is -2.74. The van der Waals surface area contributed by atoms with E-state index < -0.39 is 23.9 Å². The van der Waals surface area contributed by atoms with Crippen LogP contribution in [0.5, 0.6) is 0 Å². The number of benzene rings is 1. The molecule has 1 aromatic carbocycles. The third-order valence-electron chi connectivity index (χ3n) is 4.92. The zero-order valence-electron chi connectivity index (χ0n) is 15.9. The average molecular weight is 390 g/mol. The molecule has 1 saturated heterocycles. The summed E-state index contributed by atoms with van der Waals surface area (Å²) < 4.78 is 29.0. The molecule has 2 heterocycles. The number of halogens is 1. The number of aromatic nitrogens is 1. The van der Waals surface area contributed by atoms with Crippen LogP contribution in [-0.4, -0.2) is 36.9 Å². The maximum Gasteiger partial charge on any atom is 0.320 e. The number of hydrogen-bond donors (Lipinski definition) is 1. The Labute approximate surface area is 162 Å². The van der Waals surface area contributed by atoms with E-state index in [4.69, 9.17) is 14.0 Å². The summed E-state index contributed by atoms with van der Waals surface area (Å²) in [7, 11) is 0. The van der Waals surface area contributed by atoms with Gasteiger partial charge in [-0.05, 0) is 44.4 Å². The fourth-order valence-corrected chi connectivity index (χ4v) is 3.25. The van der Waals surface area contributed by atoms with Crippen molar-refractivity contribution in [2.45, 2.75) is 38.1 Å². The molecule has 1 aliphatic heterocycles. The number of rotatable bonds is 6. The molecule has 1 amide bonds. The van der Waals surface area contributed by atoms with E-state index >= 15 is 0 Å². The highest BCUT2D eigenvalue weighted by molar-refractivity contribution is 5.86. The molecule has 0 unspecified atom stereocenters. The minimum Gasteiger partial charge on any atom is -0.455 e. The lowest BCUT2D eigenvalue weighted by atomic mass is 9.78. The van der Waals surface area contributed by atoms with E-state index in [1.54, 1.807) is 32.0 Å². The third-order valence-corrected chi connectivity index (χ3v) is 4.92. The number of amides is 1. The molecule has 1 aromatic heterocycles. The summed E-state index contributed by atoms with van der Waals surface area (Å²) in [5, 5.41) is 6.60. The van der Waals surface area contributed by atoms with Crippen molar-refractivity contribution in [2.75, 3.05) is 19.8 Å². The number of ether oxygens (including phenoxy) is 2. The molecule has 28 heavy (non-hydrogen) atoms. The molecule has 0 spiro atoms. The van der Waals surface area contributed by atoms with Gasteiger partial charge < -0.3 is 19.3 Å². The van der Waals surface area contributed by atoms with Gasteiger partial charge in [-0.15, -0.1) is 0 Å². The molecule has 3 rings (SSSR count). The van der Waals surface area contributed by atoms with E-state index in [1.807, 2.05) is 0 Å². The van der Waals surface area contributed by atoms with Gasteiger partial charge in [0.2, 0.25) is 0 Å². The zero-order valence-corrected chi connectivity index (χ0v) is 15.9. The largest absolute Gasteiger partial charge is 0.455 e. The van der Waals surface area contributed by atoms with Crippen LogP contribution in [0.2, 0.25) is 0 Å². The highest BCUT2D eigenvalue weighted by Gasteiger charge is 2.46. The lowest BCUT2D eigenvalue weighted by Gasteiger charge is -2.32. The van der Waals surface area contributed by atoms with Crippen molar-refractivity contribution >= 4 is 11.9 Å². The predicted octanol–water partition coefficient (Wildman–Crippen LogP) is 2.59. The van der Waals surface area contributed by atoms with Crippen LogP contribution in [0.4, 0.5) is 4.39 Å². The predicted molar refractivity (Wildman–Crippen MR) is 96.9 cm³/mol. The first-order chi connectivity index (χ1) is 13.4. The smallest absolute Gasteiger partial charge is 0.320 e. The Kier molecular flexibility index (Phi) is 6.08. The van der Waals surface area contributed by atoms with Crippen LogP contribution in [0.15, 0.2) is 34.9 Å². The first-order valence-electron chi connectivity index (χ1n) is 9.14. The maximum absolute atomic E-state index is 13.0. The lowest BCUT2D eigenvalue weighted by molar-refractivity contribution is -0.159. The molecule has 0 saturated carbocycles. The molecule has 1 aliphatic rings. The highest BCUT2D eigenvalue weighted by Crippen LogP contribution is 2.36. The van der Waals surface area contributed by atoms with Crippen LogP contribution >= 0.6 is 0 Å². The number of nitrogens with zero attached hydrogens (tertiary/aromatic N) is 1. The van der Waals surface area contributed by atoms with Crippen molar-refractivity contribution < 1.29 is 28.0 Å². The van der Waals surface area contributed by atoms with Crippen molar-refractivity contribution in [1.29, 1.82) is 0 Å². The molecule has 8 heteroatoms. The van der Waals surface area contributed by atoms with E-state index in [9.17, 15) is 14.0 Å². The number of esters is 1. The minimum atomic E-state index is -0.998. The zero-order chi connectivity index (χ0) is 20.1. The van der Waals surface area contributed by atoms with Gasteiger partial charge >= 0.3 is 5.97 Å². The second kappa shape index (κ2) is 8.52. The molecule has 1 fully saturated rings. The van der Waals surface area contributed by atoms with Crippen LogP contribution in [0.25, 0.3) is 0 Å². The van der Waals surface area contributed by atoms with Crippen molar-refractivity contribution in [2.24, 2.45) is 0 Å².